The highest BCUT2D eigenvalue weighted by atomic mass is 127. The maximum Gasteiger partial charge on any atom is 0.417 e. The second-order valence-electron chi connectivity index (χ2n) is 5.49. The molecule has 2 aromatic rings. The summed E-state index contributed by atoms with van der Waals surface area (Å²) in [5.74, 6) is 0. The molecule has 10 heteroatoms. The monoisotopic (exact) mass is 485 g/mol. The Morgan fingerprint density at radius 2 is 1.88 bits per heavy atom. The molecular weight excluding hydrogens is 470 g/mol. The largest absolute Gasteiger partial charge is 0.417 e. The fraction of sp³-hybridized carbons (Fsp3) is 0.267. The van der Waals surface area contributed by atoms with E-state index < -0.39 is 21.8 Å². The van der Waals surface area contributed by atoms with Crippen LogP contribution in [0.1, 0.15) is 5.56 Å². The lowest BCUT2D eigenvalue weighted by Crippen LogP contribution is -2.33. The molecule has 0 saturated carbocycles. The van der Waals surface area contributed by atoms with Crippen LogP contribution < -0.4 is 4.72 Å². The van der Waals surface area contributed by atoms with Crippen molar-refractivity contribution in [1.82, 2.24) is 14.6 Å². The number of nitrogens with zero attached hydrogens (tertiary/aromatic N) is 2. The van der Waals surface area contributed by atoms with Crippen molar-refractivity contribution in [2.75, 3.05) is 20.8 Å². The Balaban J connectivity index is 2.57. The Morgan fingerprint density at radius 1 is 1.20 bits per heavy atom. The van der Waals surface area contributed by atoms with Crippen molar-refractivity contribution in [1.29, 1.82) is 0 Å². The predicted molar refractivity (Wildman–Crippen MR) is 96.3 cm³/mol. The van der Waals surface area contributed by atoms with Gasteiger partial charge in [-0.1, -0.05) is 6.07 Å². The minimum absolute atomic E-state index is 0.0636. The van der Waals surface area contributed by atoms with E-state index >= 15 is 0 Å². The average Bonchev–Trinajstić information content (AvgIpc) is 2.52. The Morgan fingerprint density at radius 3 is 2.48 bits per heavy atom. The van der Waals surface area contributed by atoms with Gasteiger partial charge in [-0.15, -0.1) is 0 Å². The first kappa shape index (κ1) is 20.1. The minimum Gasteiger partial charge on any atom is -0.296 e. The standard InChI is InChI=1S/C15H15F3IN3O2S/c1-22(2)9-21-25(23,24)14-6-12(19)3-4-13(14)10-5-11(8-20-7-10)15(16,17)18/h3-8,21H,9H2,1-2H3. The van der Waals surface area contributed by atoms with Gasteiger partial charge in [0.15, 0.2) is 0 Å². The van der Waals surface area contributed by atoms with Gasteiger partial charge in [-0.3, -0.25) is 9.88 Å². The van der Waals surface area contributed by atoms with Crippen LogP contribution in [0, 0.1) is 3.57 Å². The first-order chi connectivity index (χ1) is 11.5. The zero-order chi connectivity index (χ0) is 18.8. The highest BCUT2D eigenvalue weighted by molar-refractivity contribution is 14.1. The van der Waals surface area contributed by atoms with Gasteiger partial charge in [0.05, 0.1) is 17.1 Å². The maximum absolute atomic E-state index is 12.9. The molecule has 0 saturated heterocycles. The van der Waals surface area contributed by atoms with E-state index in [0.717, 1.165) is 6.07 Å². The summed E-state index contributed by atoms with van der Waals surface area (Å²) in [6.45, 7) is 0.0636. The van der Waals surface area contributed by atoms with E-state index in [4.69, 9.17) is 0 Å². The molecule has 0 fully saturated rings. The Bertz CT molecular complexity index is 871. The van der Waals surface area contributed by atoms with E-state index in [9.17, 15) is 21.6 Å². The summed E-state index contributed by atoms with van der Waals surface area (Å²) in [5, 5.41) is 0. The number of pyridine rings is 1. The molecule has 0 aliphatic heterocycles. The number of hydrogen-bond acceptors (Lipinski definition) is 4. The number of hydrogen-bond donors (Lipinski definition) is 1. The molecule has 2 rings (SSSR count). The van der Waals surface area contributed by atoms with Crippen LogP contribution in [0.25, 0.3) is 11.1 Å². The third kappa shape index (κ3) is 5.12. The Kier molecular flexibility index (Phi) is 6.07. The van der Waals surface area contributed by atoms with Crippen LogP contribution in [-0.4, -0.2) is 39.1 Å². The van der Waals surface area contributed by atoms with E-state index in [0.29, 0.717) is 9.77 Å². The SMILES string of the molecule is CN(C)CNS(=O)(=O)c1cc(I)ccc1-c1cncc(C(F)(F)F)c1. The molecule has 25 heavy (non-hydrogen) atoms. The van der Waals surface area contributed by atoms with Crippen molar-refractivity contribution in [2.24, 2.45) is 0 Å². The molecule has 0 aliphatic rings. The molecule has 0 atom stereocenters. The lowest BCUT2D eigenvalue weighted by molar-refractivity contribution is -0.137. The highest BCUT2D eigenvalue weighted by Crippen LogP contribution is 2.34. The molecule has 0 unspecified atom stereocenters. The summed E-state index contributed by atoms with van der Waals surface area (Å²) in [7, 11) is -0.532. The van der Waals surface area contributed by atoms with Crippen LogP contribution in [0.3, 0.4) is 0 Å². The lowest BCUT2D eigenvalue weighted by Gasteiger charge is -2.15. The van der Waals surface area contributed by atoms with Crippen LogP contribution >= 0.6 is 22.6 Å². The first-order valence-corrected chi connectivity index (χ1v) is 9.53. The minimum atomic E-state index is -4.56. The van der Waals surface area contributed by atoms with E-state index in [1.807, 2.05) is 22.6 Å². The third-order valence-corrected chi connectivity index (χ3v) is 5.28. The summed E-state index contributed by atoms with van der Waals surface area (Å²) >= 11 is 1.94. The maximum atomic E-state index is 12.9. The van der Waals surface area contributed by atoms with Gasteiger partial charge in [0.2, 0.25) is 10.0 Å². The number of rotatable bonds is 5. The molecule has 0 bridgehead atoms. The van der Waals surface area contributed by atoms with E-state index in [-0.39, 0.29) is 22.7 Å². The average molecular weight is 485 g/mol. The van der Waals surface area contributed by atoms with Gasteiger partial charge in [0.1, 0.15) is 0 Å². The Hall–Kier alpha value is -1.24. The van der Waals surface area contributed by atoms with Gasteiger partial charge < -0.3 is 0 Å². The lowest BCUT2D eigenvalue weighted by atomic mass is 10.1. The predicted octanol–water partition coefficient (Wildman–Crippen LogP) is 3.17. The van der Waals surface area contributed by atoms with Crippen LogP contribution in [-0.2, 0) is 16.2 Å². The van der Waals surface area contributed by atoms with Crippen LogP contribution in [0.4, 0.5) is 13.2 Å². The van der Waals surface area contributed by atoms with Crippen molar-refractivity contribution in [3.63, 3.8) is 0 Å². The molecule has 136 valence electrons. The normalized spacial score (nSPS) is 12.6. The molecule has 0 radical (unpaired) electrons. The summed E-state index contributed by atoms with van der Waals surface area (Å²) in [6, 6.07) is 5.40. The van der Waals surface area contributed by atoms with Gasteiger partial charge in [0.25, 0.3) is 0 Å². The highest BCUT2D eigenvalue weighted by Gasteiger charge is 2.31. The van der Waals surface area contributed by atoms with E-state index in [1.165, 1.54) is 18.3 Å². The van der Waals surface area contributed by atoms with E-state index in [2.05, 4.69) is 9.71 Å². The van der Waals surface area contributed by atoms with Crippen molar-refractivity contribution in [3.05, 3.63) is 45.8 Å². The van der Waals surface area contributed by atoms with Gasteiger partial charge in [0, 0.05) is 27.1 Å². The fourth-order valence-corrected chi connectivity index (χ4v) is 4.03. The van der Waals surface area contributed by atoms with Crippen LogP contribution in [0.15, 0.2) is 41.6 Å². The van der Waals surface area contributed by atoms with Crippen molar-refractivity contribution in [2.45, 2.75) is 11.1 Å². The number of aromatic nitrogens is 1. The number of halogens is 4. The van der Waals surface area contributed by atoms with E-state index in [1.54, 1.807) is 25.1 Å². The van der Waals surface area contributed by atoms with Crippen molar-refractivity contribution in [3.8, 4) is 11.1 Å². The quantitative estimate of drug-likeness (QED) is 0.523. The Labute approximate surface area is 157 Å². The number of sulfonamides is 1. The summed E-state index contributed by atoms with van der Waals surface area (Å²) in [4.78, 5) is 5.13. The molecule has 1 N–H and O–H groups in total. The molecule has 0 spiro atoms. The molecule has 1 heterocycles. The van der Waals surface area contributed by atoms with Gasteiger partial charge in [-0.2, -0.15) is 17.9 Å². The molecule has 5 nitrogen and oxygen atoms in total. The molecular formula is C15H15F3IN3O2S. The zero-order valence-corrected chi connectivity index (χ0v) is 16.3. The van der Waals surface area contributed by atoms with Gasteiger partial charge in [-0.25, -0.2) is 8.42 Å². The fourth-order valence-electron chi connectivity index (χ4n) is 1.99. The van der Waals surface area contributed by atoms with Crippen LogP contribution in [0.2, 0.25) is 0 Å². The topological polar surface area (TPSA) is 62.3 Å². The molecule has 0 amide bonds. The first-order valence-electron chi connectivity index (χ1n) is 6.97. The smallest absolute Gasteiger partial charge is 0.296 e. The van der Waals surface area contributed by atoms with Gasteiger partial charge in [-0.05, 0) is 54.9 Å². The van der Waals surface area contributed by atoms with Gasteiger partial charge >= 0.3 is 6.18 Å². The number of alkyl halides is 3. The number of benzene rings is 1. The van der Waals surface area contributed by atoms with Crippen LogP contribution in [0.5, 0.6) is 0 Å². The molecule has 1 aromatic carbocycles. The molecule has 1 aromatic heterocycles. The summed E-state index contributed by atoms with van der Waals surface area (Å²) in [5.41, 5.74) is -0.699. The van der Waals surface area contributed by atoms with Crippen molar-refractivity contribution < 1.29 is 21.6 Å². The molecule has 0 aliphatic carbocycles. The summed E-state index contributed by atoms with van der Waals surface area (Å²) in [6.07, 6.45) is -2.65. The zero-order valence-electron chi connectivity index (χ0n) is 13.3. The van der Waals surface area contributed by atoms with Crippen molar-refractivity contribution >= 4 is 32.6 Å². The second-order valence-corrected chi connectivity index (χ2v) is 8.47. The number of nitrogens with one attached hydrogen (secondary N) is 1. The summed E-state index contributed by atoms with van der Waals surface area (Å²) < 4.78 is 67.0. The third-order valence-electron chi connectivity index (χ3n) is 3.18. The second kappa shape index (κ2) is 7.56.